The molecule has 10 heteroatoms. The van der Waals surface area contributed by atoms with E-state index in [2.05, 4.69) is 0 Å². The van der Waals surface area contributed by atoms with Crippen molar-refractivity contribution < 1.29 is 34.7 Å². The van der Waals surface area contributed by atoms with Crippen molar-refractivity contribution >= 4 is 5.91 Å². The van der Waals surface area contributed by atoms with Gasteiger partial charge in [0.2, 0.25) is 5.91 Å². The Morgan fingerprint density at radius 3 is 2.52 bits per heavy atom. The Bertz CT molecular complexity index is 444. The van der Waals surface area contributed by atoms with Crippen molar-refractivity contribution in [2.75, 3.05) is 46.1 Å². The fourth-order valence-corrected chi connectivity index (χ4v) is 3.24. The topological polar surface area (TPSA) is 172 Å². The summed E-state index contributed by atoms with van der Waals surface area (Å²) < 4.78 is 11.1. The molecule has 0 unspecified atom stereocenters. The van der Waals surface area contributed by atoms with Crippen LogP contribution in [0.4, 0.5) is 0 Å². The van der Waals surface area contributed by atoms with Crippen LogP contribution in [0.1, 0.15) is 38.5 Å². The lowest BCUT2D eigenvalue weighted by Crippen LogP contribution is -2.54. The number of unbranched alkanes of at least 4 members (excludes halogenated alkanes) is 1. The fraction of sp³-hybridized carbons (Fsp3) is 0.947. The lowest BCUT2D eigenvalue weighted by Gasteiger charge is -2.34. The number of carbonyl (C=O) groups is 1. The largest absolute Gasteiger partial charge is 0.394 e. The Labute approximate surface area is 172 Å². The van der Waals surface area contributed by atoms with Crippen LogP contribution >= 0.6 is 0 Å². The average molecular weight is 422 g/mol. The summed E-state index contributed by atoms with van der Waals surface area (Å²) in [5.41, 5.74) is 11.5. The molecule has 8 N–H and O–H groups in total. The Balaban J connectivity index is 2.85. The van der Waals surface area contributed by atoms with Crippen molar-refractivity contribution in [2.24, 2.45) is 11.5 Å². The lowest BCUT2D eigenvalue weighted by atomic mass is 10.0. The summed E-state index contributed by atoms with van der Waals surface area (Å²) in [5, 5.41) is 40.2. The second-order valence-corrected chi connectivity index (χ2v) is 7.49. The van der Waals surface area contributed by atoms with Crippen LogP contribution in [-0.4, -0.2) is 108 Å². The minimum absolute atomic E-state index is 0.164. The first-order valence-corrected chi connectivity index (χ1v) is 10.5. The number of nitrogens with zero attached hydrogens (tertiary/aromatic N) is 1. The van der Waals surface area contributed by atoms with E-state index in [1.807, 2.05) is 0 Å². The summed E-state index contributed by atoms with van der Waals surface area (Å²) in [6.45, 7) is 1.31. The average Bonchev–Trinajstić information content (AvgIpc) is 2.72. The van der Waals surface area contributed by atoms with E-state index in [1.165, 1.54) is 4.90 Å². The molecule has 29 heavy (non-hydrogen) atoms. The van der Waals surface area contributed by atoms with Crippen molar-refractivity contribution in [2.45, 2.75) is 69.0 Å². The molecule has 0 radical (unpaired) electrons. The standard InChI is InChI=1S/C19H39N3O7/c20-7-2-1-6-14(21)19(27)22-8-5-10-28-9-3-4-11-29-18(16(25)13-23)17(26)15(24)12-22/h14-18,23-26H,1-13,20-21H2/t14-,15-,16-,17-,18-/m1/s1. The third kappa shape index (κ3) is 9.67. The van der Waals surface area contributed by atoms with Gasteiger partial charge in [-0.05, 0) is 38.6 Å². The first kappa shape index (κ1) is 26.2. The van der Waals surface area contributed by atoms with Crippen LogP contribution in [0.3, 0.4) is 0 Å². The Kier molecular flexibility index (Phi) is 13.6. The molecule has 1 amide bonds. The second-order valence-electron chi connectivity index (χ2n) is 7.49. The van der Waals surface area contributed by atoms with E-state index in [9.17, 15) is 25.2 Å². The molecule has 0 aromatic rings. The second kappa shape index (κ2) is 15.0. The first-order valence-electron chi connectivity index (χ1n) is 10.5. The number of hydrogen-bond acceptors (Lipinski definition) is 9. The van der Waals surface area contributed by atoms with Gasteiger partial charge in [0, 0.05) is 32.9 Å². The van der Waals surface area contributed by atoms with Gasteiger partial charge in [-0.3, -0.25) is 4.79 Å². The van der Waals surface area contributed by atoms with E-state index in [4.69, 9.17) is 20.9 Å². The Hall–Kier alpha value is -0.850. The zero-order valence-corrected chi connectivity index (χ0v) is 17.2. The van der Waals surface area contributed by atoms with Gasteiger partial charge in [0.25, 0.3) is 0 Å². The van der Waals surface area contributed by atoms with Crippen molar-refractivity contribution in [3.8, 4) is 0 Å². The minimum Gasteiger partial charge on any atom is -0.394 e. The van der Waals surface area contributed by atoms with Crippen LogP contribution in [0.2, 0.25) is 0 Å². The molecule has 5 atom stereocenters. The Morgan fingerprint density at radius 2 is 1.83 bits per heavy atom. The first-order chi connectivity index (χ1) is 13.9. The molecule has 172 valence electrons. The quantitative estimate of drug-likeness (QED) is 0.253. The van der Waals surface area contributed by atoms with Gasteiger partial charge < -0.3 is 46.3 Å². The molecule has 1 saturated heterocycles. The van der Waals surface area contributed by atoms with Crippen LogP contribution in [0.25, 0.3) is 0 Å². The van der Waals surface area contributed by atoms with E-state index in [0.717, 1.165) is 19.3 Å². The molecule has 10 nitrogen and oxygen atoms in total. The molecule has 0 aromatic carbocycles. The highest BCUT2D eigenvalue weighted by molar-refractivity contribution is 5.81. The zero-order valence-electron chi connectivity index (χ0n) is 17.2. The molecule has 1 heterocycles. The van der Waals surface area contributed by atoms with Gasteiger partial charge in [-0.2, -0.15) is 0 Å². The van der Waals surface area contributed by atoms with Gasteiger partial charge in [0.05, 0.1) is 12.6 Å². The van der Waals surface area contributed by atoms with Gasteiger partial charge in [-0.25, -0.2) is 0 Å². The van der Waals surface area contributed by atoms with Crippen LogP contribution in [0.15, 0.2) is 0 Å². The van der Waals surface area contributed by atoms with Gasteiger partial charge >= 0.3 is 0 Å². The smallest absolute Gasteiger partial charge is 0.239 e. The highest BCUT2D eigenvalue weighted by Crippen LogP contribution is 2.14. The molecular formula is C19H39N3O7. The predicted octanol–water partition coefficient (Wildman–Crippen LogP) is -2.07. The maximum absolute atomic E-state index is 12.8. The van der Waals surface area contributed by atoms with Crippen molar-refractivity contribution in [1.82, 2.24) is 4.90 Å². The van der Waals surface area contributed by atoms with Crippen LogP contribution in [0, 0.1) is 0 Å². The van der Waals surface area contributed by atoms with Crippen LogP contribution in [-0.2, 0) is 14.3 Å². The third-order valence-electron chi connectivity index (χ3n) is 5.01. The number of carbonyl (C=O) groups excluding carboxylic acids is 1. The fourth-order valence-electron chi connectivity index (χ4n) is 3.24. The number of aliphatic hydroxyl groups is 4. The monoisotopic (exact) mass is 421 g/mol. The lowest BCUT2D eigenvalue weighted by molar-refractivity contribution is -0.152. The van der Waals surface area contributed by atoms with Gasteiger partial charge in [-0.1, -0.05) is 6.42 Å². The number of β-amino-alcohol motifs (C(OH)–C–C–N with tert-alkyl or cyclic N) is 1. The highest BCUT2D eigenvalue weighted by atomic mass is 16.5. The summed E-state index contributed by atoms with van der Waals surface area (Å²) >= 11 is 0. The molecule has 0 saturated carbocycles. The molecular weight excluding hydrogens is 382 g/mol. The van der Waals surface area contributed by atoms with Crippen LogP contribution in [0.5, 0.6) is 0 Å². The molecule has 0 aliphatic carbocycles. The summed E-state index contributed by atoms with van der Waals surface area (Å²) in [7, 11) is 0. The molecule has 0 aromatic heterocycles. The third-order valence-corrected chi connectivity index (χ3v) is 5.01. The van der Waals surface area contributed by atoms with Gasteiger partial charge in [-0.15, -0.1) is 0 Å². The number of amides is 1. The summed E-state index contributed by atoms with van der Waals surface area (Å²) in [4.78, 5) is 14.2. The number of rotatable bonds is 7. The van der Waals surface area contributed by atoms with E-state index in [0.29, 0.717) is 45.6 Å². The molecule has 1 aliphatic rings. The number of nitrogens with two attached hydrogens (primary N) is 2. The predicted molar refractivity (Wildman–Crippen MR) is 107 cm³/mol. The SMILES string of the molecule is NCCCC[C@@H](N)C(=O)N1CCCOCCCCO[C@H]([C@H](O)CO)[C@H](O)[C@H](O)C1. The molecule has 1 rings (SSSR count). The van der Waals surface area contributed by atoms with Crippen molar-refractivity contribution in [3.05, 3.63) is 0 Å². The summed E-state index contributed by atoms with van der Waals surface area (Å²) in [6.07, 6.45) is -1.43. The van der Waals surface area contributed by atoms with Crippen molar-refractivity contribution in [3.63, 3.8) is 0 Å². The maximum Gasteiger partial charge on any atom is 0.239 e. The van der Waals surface area contributed by atoms with Gasteiger partial charge in [0.1, 0.15) is 24.4 Å². The van der Waals surface area contributed by atoms with Crippen LogP contribution < -0.4 is 11.5 Å². The van der Waals surface area contributed by atoms with E-state index in [1.54, 1.807) is 0 Å². The summed E-state index contributed by atoms with van der Waals surface area (Å²) in [5.74, 6) is -0.319. The van der Waals surface area contributed by atoms with Gasteiger partial charge in [0.15, 0.2) is 0 Å². The zero-order chi connectivity index (χ0) is 21.6. The number of aliphatic hydroxyl groups excluding tert-OH is 4. The normalized spacial score (nSPS) is 27.8. The maximum atomic E-state index is 12.8. The number of ether oxygens (including phenoxy) is 2. The van der Waals surface area contributed by atoms with E-state index >= 15 is 0 Å². The molecule has 1 fully saturated rings. The number of hydrogen-bond donors (Lipinski definition) is 6. The van der Waals surface area contributed by atoms with E-state index < -0.39 is 37.1 Å². The molecule has 1 aliphatic heterocycles. The van der Waals surface area contributed by atoms with Crippen molar-refractivity contribution in [1.29, 1.82) is 0 Å². The highest BCUT2D eigenvalue weighted by Gasteiger charge is 2.35. The molecule has 0 bridgehead atoms. The summed E-state index contributed by atoms with van der Waals surface area (Å²) in [6, 6.07) is -0.722. The Morgan fingerprint density at radius 1 is 1.14 bits per heavy atom. The van der Waals surface area contributed by atoms with E-state index in [-0.39, 0.29) is 19.1 Å². The molecule has 0 spiro atoms. The minimum atomic E-state index is -1.47.